The number of carboxylic acid groups (broad SMARTS) is 1. The van der Waals surface area contributed by atoms with Gasteiger partial charge in [-0.15, -0.1) is 0 Å². The first kappa shape index (κ1) is 13.9. The zero-order valence-corrected chi connectivity index (χ0v) is 11.8. The maximum Gasteiger partial charge on any atom is 0.308 e. The number of hydrogen-bond donors (Lipinski definition) is 3. The highest BCUT2D eigenvalue weighted by Crippen LogP contribution is 2.30. The molecule has 1 saturated carbocycles. The number of amides is 1. The van der Waals surface area contributed by atoms with Crippen molar-refractivity contribution in [1.29, 1.82) is 0 Å². The van der Waals surface area contributed by atoms with Crippen molar-refractivity contribution in [2.24, 2.45) is 11.7 Å². The Morgan fingerprint density at radius 2 is 2.11 bits per heavy atom. The Hall–Kier alpha value is -1.56. The first-order valence-corrected chi connectivity index (χ1v) is 6.87. The fourth-order valence-corrected chi connectivity index (χ4v) is 2.84. The summed E-state index contributed by atoms with van der Waals surface area (Å²) in [6, 6.07) is 5.01. The first-order valence-electron chi connectivity index (χ1n) is 6.07. The van der Waals surface area contributed by atoms with Crippen molar-refractivity contribution in [3.05, 3.63) is 28.2 Å². The van der Waals surface area contributed by atoms with Crippen LogP contribution in [-0.2, 0) is 4.79 Å². The molecule has 0 radical (unpaired) electrons. The number of nitrogens with two attached hydrogens (primary N) is 1. The predicted octanol–water partition coefficient (Wildman–Crippen LogP) is 2.21. The van der Waals surface area contributed by atoms with E-state index in [1.54, 1.807) is 18.2 Å². The third-order valence-corrected chi connectivity index (χ3v) is 3.91. The molecule has 6 heteroatoms. The zero-order chi connectivity index (χ0) is 14.0. The average Bonchev–Trinajstić information content (AvgIpc) is 2.79. The third-order valence-electron chi connectivity index (χ3n) is 3.42. The molecule has 2 unspecified atom stereocenters. The van der Waals surface area contributed by atoms with Crippen LogP contribution in [-0.4, -0.2) is 23.0 Å². The fraction of sp³-hybridized carbons (Fsp3) is 0.385. The molecule has 19 heavy (non-hydrogen) atoms. The Labute approximate surface area is 119 Å². The second kappa shape index (κ2) is 5.61. The van der Waals surface area contributed by atoms with E-state index in [9.17, 15) is 9.59 Å². The van der Waals surface area contributed by atoms with E-state index in [2.05, 4.69) is 21.2 Å². The van der Waals surface area contributed by atoms with Crippen LogP contribution in [0.15, 0.2) is 22.7 Å². The Kier molecular flexibility index (Phi) is 4.09. The summed E-state index contributed by atoms with van der Waals surface area (Å²) in [6.07, 6.45) is 2.32. The summed E-state index contributed by atoms with van der Waals surface area (Å²) in [6.45, 7) is 0. The maximum absolute atomic E-state index is 11.4. The minimum absolute atomic E-state index is 0.156. The SMILES string of the molecule is NC(=O)c1cc(Br)ccc1NC1CCCC1C(=O)O. The second-order valence-corrected chi connectivity index (χ2v) is 5.60. The van der Waals surface area contributed by atoms with E-state index in [4.69, 9.17) is 10.8 Å². The summed E-state index contributed by atoms with van der Waals surface area (Å²) in [4.78, 5) is 22.5. The first-order chi connectivity index (χ1) is 8.99. The van der Waals surface area contributed by atoms with Crippen molar-refractivity contribution in [3.8, 4) is 0 Å². The van der Waals surface area contributed by atoms with Crippen LogP contribution >= 0.6 is 15.9 Å². The molecule has 1 amide bonds. The van der Waals surface area contributed by atoms with Gasteiger partial charge < -0.3 is 16.2 Å². The minimum atomic E-state index is -0.798. The van der Waals surface area contributed by atoms with E-state index in [1.165, 1.54) is 0 Å². The highest BCUT2D eigenvalue weighted by Gasteiger charge is 2.33. The van der Waals surface area contributed by atoms with Crippen molar-refractivity contribution in [2.45, 2.75) is 25.3 Å². The van der Waals surface area contributed by atoms with Gasteiger partial charge in [-0.1, -0.05) is 22.4 Å². The minimum Gasteiger partial charge on any atom is -0.481 e. The monoisotopic (exact) mass is 326 g/mol. The molecule has 0 aliphatic heterocycles. The summed E-state index contributed by atoms with van der Waals surface area (Å²) >= 11 is 3.28. The normalized spacial score (nSPS) is 22.2. The van der Waals surface area contributed by atoms with Gasteiger partial charge in [-0.05, 0) is 31.0 Å². The van der Waals surface area contributed by atoms with E-state index >= 15 is 0 Å². The van der Waals surface area contributed by atoms with Gasteiger partial charge in [-0.25, -0.2) is 0 Å². The van der Waals surface area contributed by atoms with Crippen LogP contribution in [0.2, 0.25) is 0 Å². The number of aliphatic carboxylic acids is 1. The van der Waals surface area contributed by atoms with Crippen LogP contribution in [0.1, 0.15) is 29.6 Å². The van der Waals surface area contributed by atoms with Crippen molar-refractivity contribution in [2.75, 3.05) is 5.32 Å². The molecular weight excluding hydrogens is 312 g/mol. The Bertz CT molecular complexity index is 519. The Morgan fingerprint density at radius 1 is 1.37 bits per heavy atom. The summed E-state index contributed by atoms with van der Waals surface area (Å²) in [5, 5.41) is 12.3. The average molecular weight is 327 g/mol. The lowest BCUT2D eigenvalue weighted by Gasteiger charge is -2.20. The molecule has 1 aromatic carbocycles. The van der Waals surface area contributed by atoms with Crippen LogP contribution in [0.5, 0.6) is 0 Å². The summed E-state index contributed by atoms with van der Waals surface area (Å²) in [7, 11) is 0. The number of rotatable bonds is 4. The van der Waals surface area contributed by atoms with Gasteiger partial charge in [-0.2, -0.15) is 0 Å². The summed E-state index contributed by atoms with van der Waals surface area (Å²) < 4.78 is 0.757. The van der Waals surface area contributed by atoms with Gasteiger partial charge in [0.15, 0.2) is 0 Å². The molecule has 1 aliphatic rings. The second-order valence-electron chi connectivity index (χ2n) is 4.68. The van der Waals surface area contributed by atoms with Gasteiger partial charge in [0.25, 0.3) is 5.91 Å². The highest BCUT2D eigenvalue weighted by atomic mass is 79.9. The number of carbonyl (C=O) groups is 2. The van der Waals surface area contributed by atoms with E-state index in [0.717, 1.165) is 17.3 Å². The van der Waals surface area contributed by atoms with Crippen molar-refractivity contribution < 1.29 is 14.7 Å². The standard InChI is InChI=1S/C13H15BrN2O3/c14-7-4-5-11(9(6-7)12(15)17)16-10-3-1-2-8(10)13(18)19/h4-6,8,10,16H,1-3H2,(H2,15,17)(H,18,19). The molecule has 102 valence electrons. The van der Waals surface area contributed by atoms with Gasteiger partial charge in [0.05, 0.1) is 11.5 Å². The zero-order valence-electron chi connectivity index (χ0n) is 10.2. The molecule has 0 saturated heterocycles. The number of hydrogen-bond acceptors (Lipinski definition) is 3. The fourth-order valence-electron chi connectivity index (χ4n) is 2.47. The molecule has 4 N–H and O–H groups in total. The Morgan fingerprint density at radius 3 is 2.74 bits per heavy atom. The van der Waals surface area contributed by atoms with Crippen LogP contribution in [0.25, 0.3) is 0 Å². The molecule has 0 aromatic heterocycles. The molecule has 0 spiro atoms. The lowest BCUT2D eigenvalue weighted by atomic mass is 10.0. The number of halogens is 1. The van der Waals surface area contributed by atoms with Crippen molar-refractivity contribution >= 4 is 33.5 Å². The number of carbonyl (C=O) groups excluding carboxylic acids is 1. The third kappa shape index (κ3) is 3.07. The lowest BCUT2D eigenvalue weighted by Crippen LogP contribution is -2.30. The maximum atomic E-state index is 11.4. The summed E-state index contributed by atoms with van der Waals surface area (Å²) in [5.41, 5.74) is 6.29. The quantitative estimate of drug-likeness (QED) is 0.790. The van der Waals surface area contributed by atoms with E-state index in [0.29, 0.717) is 17.7 Å². The van der Waals surface area contributed by atoms with Crippen molar-refractivity contribution in [3.63, 3.8) is 0 Å². The lowest BCUT2D eigenvalue weighted by molar-refractivity contribution is -0.141. The molecule has 1 fully saturated rings. The predicted molar refractivity (Wildman–Crippen MR) is 75.0 cm³/mol. The Balaban J connectivity index is 2.23. The van der Waals surface area contributed by atoms with Crippen molar-refractivity contribution in [1.82, 2.24) is 0 Å². The van der Waals surface area contributed by atoms with E-state index < -0.39 is 17.8 Å². The van der Waals surface area contributed by atoms with Gasteiger partial charge in [0.2, 0.25) is 0 Å². The molecular formula is C13H15BrN2O3. The van der Waals surface area contributed by atoms with Crippen LogP contribution in [0.3, 0.4) is 0 Å². The van der Waals surface area contributed by atoms with Gasteiger partial charge in [0, 0.05) is 16.2 Å². The molecule has 0 bridgehead atoms. The van der Waals surface area contributed by atoms with E-state index in [-0.39, 0.29) is 6.04 Å². The largest absolute Gasteiger partial charge is 0.481 e. The number of carboxylic acids is 1. The van der Waals surface area contributed by atoms with E-state index in [1.807, 2.05) is 0 Å². The van der Waals surface area contributed by atoms with Crippen LogP contribution < -0.4 is 11.1 Å². The molecule has 1 aromatic rings. The molecule has 0 heterocycles. The number of anilines is 1. The number of nitrogens with one attached hydrogen (secondary N) is 1. The number of primary amides is 1. The smallest absolute Gasteiger partial charge is 0.308 e. The van der Waals surface area contributed by atoms with Gasteiger partial charge in [0.1, 0.15) is 0 Å². The molecule has 2 atom stereocenters. The molecule has 2 rings (SSSR count). The molecule has 5 nitrogen and oxygen atoms in total. The van der Waals surface area contributed by atoms with Gasteiger partial charge in [-0.3, -0.25) is 9.59 Å². The van der Waals surface area contributed by atoms with Gasteiger partial charge >= 0.3 is 5.97 Å². The molecule has 1 aliphatic carbocycles. The summed E-state index contributed by atoms with van der Waals surface area (Å²) in [5.74, 6) is -1.74. The van der Waals surface area contributed by atoms with Crippen LogP contribution in [0.4, 0.5) is 5.69 Å². The topological polar surface area (TPSA) is 92.4 Å². The highest BCUT2D eigenvalue weighted by molar-refractivity contribution is 9.10. The number of benzene rings is 1. The van der Waals surface area contributed by atoms with Crippen LogP contribution in [0, 0.1) is 5.92 Å².